The Balaban J connectivity index is 1.73. The number of hydrogen-bond acceptors (Lipinski definition) is 5. The number of rotatable bonds is 2. The summed E-state index contributed by atoms with van der Waals surface area (Å²) in [6.45, 7) is 2.50. The van der Waals surface area contributed by atoms with Crippen molar-refractivity contribution in [1.82, 2.24) is 9.88 Å². The van der Waals surface area contributed by atoms with E-state index in [9.17, 15) is 9.59 Å². The highest BCUT2D eigenvalue weighted by atomic mass is 32.1. The number of amides is 1. The maximum atomic E-state index is 13.3. The van der Waals surface area contributed by atoms with Crippen LogP contribution in [0.1, 0.15) is 75.4 Å². The van der Waals surface area contributed by atoms with Gasteiger partial charge in [-0.25, -0.2) is 4.98 Å². The van der Waals surface area contributed by atoms with Crippen molar-refractivity contribution < 1.29 is 14.0 Å². The van der Waals surface area contributed by atoms with Gasteiger partial charge in [-0.3, -0.25) is 9.59 Å². The third-order valence-corrected chi connectivity index (χ3v) is 5.83. The molecule has 2 aromatic rings. The monoisotopic (exact) mass is 344 g/mol. The molecule has 6 heteroatoms. The third-order valence-electron chi connectivity index (χ3n) is 4.96. The Morgan fingerprint density at radius 3 is 3.00 bits per heavy atom. The van der Waals surface area contributed by atoms with Crippen LogP contribution in [-0.2, 0) is 6.42 Å². The molecule has 2 aliphatic rings. The highest BCUT2D eigenvalue weighted by molar-refractivity contribution is 7.09. The van der Waals surface area contributed by atoms with E-state index in [4.69, 9.17) is 4.42 Å². The lowest BCUT2D eigenvalue weighted by Crippen LogP contribution is -2.39. The Morgan fingerprint density at radius 1 is 1.33 bits per heavy atom. The lowest BCUT2D eigenvalue weighted by Gasteiger charge is -2.34. The summed E-state index contributed by atoms with van der Waals surface area (Å²) in [5.74, 6) is 1.23. The van der Waals surface area contributed by atoms with Crippen LogP contribution in [0, 0.1) is 6.92 Å². The maximum Gasteiger partial charge on any atom is 0.258 e. The number of ketones is 1. The Bertz CT molecular complexity index is 779. The number of carbonyl (C=O) groups is 2. The Labute approximate surface area is 144 Å². The summed E-state index contributed by atoms with van der Waals surface area (Å²) in [5, 5.41) is 2.92. The van der Waals surface area contributed by atoms with Gasteiger partial charge in [0.15, 0.2) is 5.78 Å². The molecule has 0 N–H and O–H groups in total. The van der Waals surface area contributed by atoms with Gasteiger partial charge in [0.2, 0.25) is 0 Å². The molecule has 3 heterocycles. The molecule has 0 spiro atoms. The van der Waals surface area contributed by atoms with E-state index < -0.39 is 0 Å². The van der Waals surface area contributed by atoms with E-state index in [1.807, 2.05) is 10.3 Å². The lowest BCUT2D eigenvalue weighted by molar-refractivity contribution is 0.0606. The Hall–Kier alpha value is -1.95. The van der Waals surface area contributed by atoms with Gasteiger partial charge in [-0.1, -0.05) is 0 Å². The molecule has 5 nitrogen and oxygen atoms in total. The smallest absolute Gasteiger partial charge is 0.258 e. The van der Waals surface area contributed by atoms with Crippen molar-refractivity contribution in [3.05, 3.63) is 39.2 Å². The summed E-state index contributed by atoms with van der Waals surface area (Å²) in [6, 6.07) is 0.00916. The number of likely N-dealkylation sites (tertiary alicyclic amines) is 1. The molecular weight excluding hydrogens is 324 g/mol. The van der Waals surface area contributed by atoms with E-state index in [1.54, 1.807) is 24.5 Å². The Morgan fingerprint density at radius 2 is 2.21 bits per heavy atom. The fourth-order valence-electron chi connectivity index (χ4n) is 3.84. The van der Waals surface area contributed by atoms with Crippen molar-refractivity contribution in [2.45, 2.75) is 51.5 Å². The molecule has 4 rings (SSSR count). The highest BCUT2D eigenvalue weighted by Gasteiger charge is 2.36. The quantitative estimate of drug-likeness (QED) is 0.828. The molecule has 0 saturated carbocycles. The van der Waals surface area contributed by atoms with E-state index in [0.717, 1.165) is 37.1 Å². The number of nitrogens with zero attached hydrogens (tertiary/aromatic N) is 2. The second-order valence-corrected chi connectivity index (χ2v) is 7.41. The number of fused-ring (bicyclic) bond motifs is 1. The summed E-state index contributed by atoms with van der Waals surface area (Å²) < 4.78 is 5.76. The summed E-state index contributed by atoms with van der Waals surface area (Å²) in [5.41, 5.74) is 1.02. The molecule has 1 amide bonds. The molecule has 24 heavy (non-hydrogen) atoms. The van der Waals surface area contributed by atoms with Crippen LogP contribution in [0.4, 0.5) is 0 Å². The fourth-order valence-corrected chi connectivity index (χ4v) is 4.62. The second-order valence-electron chi connectivity index (χ2n) is 6.49. The molecule has 0 unspecified atom stereocenters. The average Bonchev–Trinajstić information content (AvgIpc) is 3.22. The van der Waals surface area contributed by atoms with Gasteiger partial charge in [0.1, 0.15) is 16.5 Å². The zero-order chi connectivity index (χ0) is 16.7. The van der Waals surface area contributed by atoms with Gasteiger partial charge >= 0.3 is 0 Å². The van der Waals surface area contributed by atoms with E-state index in [1.165, 1.54) is 0 Å². The fraction of sp³-hybridized carbons (Fsp3) is 0.500. The van der Waals surface area contributed by atoms with Crippen molar-refractivity contribution >= 4 is 23.0 Å². The largest absolute Gasteiger partial charge is 0.465 e. The molecule has 1 aliphatic carbocycles. The predicted molar refractivity (Wildman–Crippen MR) is 90.5 cm³/mol. The van der Waals surface area contributed by atoms with Gasteiger partial charge < -0.3 is 9.32 Å². The summed E-state index contributed by atoms with van der Waals surface area (Å²) in [7, 11) is 0. The molecule has 1 atom stereocenters. The molecule has 1 fully saturated rings. The first-order chi connectivity index (χ1) is 11.7. The van der Waals surface area contributed by atoms with E-state index in [-0.39, 0.29) is 17.7 Å². The number of thiazole rings is 1. The van der Waals surface area contributed by atoms with E-state index >= 15 is 0 Å². The van der Waals surface area contributed by atoms with Crippen LogP contribution in [0.2, 0.25) is 0 Å². The number of aryl methyl sites for hydroxylation is 2. The van der Waals surface area contributed by atoms with Crippen LogP contribution in [-0.4, -0.2) is 28.1 Å². The Kier molecular flexibility index (Phi) is 4.00. The van der Waals surface area contributed by atoms with Crippen LogP contribution in [0.3, 0.4) is 0 Å². The SMILES string of the molecule is Cc1oc2c(c1C(=O)N1CCCC[C@H]1c1nccs1)C(=O)CCC2. The van der Waals surface area contributed by atoms with Crippen molar-refractivity contribution in [2.24, 2.45) is 0 Å². The first-order valence-electron chi connectivity index (χ1n) is 8.52. The second kappa shape index (κ2) is 6.16. The summed E-state index contributed by atoms with van der Waals surface area (Å²) in [4.78, 5) is 32.0. The topological polar surface area (TPSA) is 63.4 Å². The van der Waals surface area contributed by atoms with Gasteiger partial charge in [0, 0.05) is 31.0 Å². The number of piperidine rings is 1. The van der Waals surface area contributed by atoms with E-state index in [0.29, 0.717) is 35.6 Å². The molecule has 2 aromatic heterocycles. The molecule has 0 aromatic carbocycles. The van der Waals surface area contributed by atoms with Crippen LogP contribution in [0.15, 0.2) is 16.0 Å². The summed E-state index contributed by atoms with van der Waals surface area (Å²) in [6.07, 6.45) is 6.83. The van der Waals surface area contributed by atoms with Crippen molar-refractivity contribution in [3.63, 3.8) is 0 Å². The molecule has 0 bridgehead atoms. The molecular formula is C18H20N2O3S. The van der Waals surface area contributed by atoms with Crippen LogP contribution in [0.25, 0.3) is 0 Å². The molecule has 0 radical (unpaired) electrons. The zero-order valence-electron chi connectivity index (χ0n) is 13.7. The van der Waals surface area contributed by atoms with Gasteiger partial charge in [0.05, 0.1) is 17.2 Å². The number of furan rings is 1. The minimum Gasteiger partial charge on any atom is -0.465 e. The minimum atomic E-state index is -0.0762. The lowest BCUT2D eigenvalue weighted by atomic mass is 9.92. The van der Waals surface area contributed by atoms with Crippen LogP contribution < -0.4 is 0 Å². The summed E-state index contributed by atoms with van der Waals surface area (Å²) >= 11 is 1.59. The highest BCUT2D eigenvalue weighted by Crippen LogP contribution is 2.36. The minimum absolute atomic E-state index is 0.00916. The average molecular weight is 344 g/mol. The van der Waals surface area contributed by atoms with Crippen LogP contribution in [0.5, 0.6) is 0 Å². The third kappa shape index (κ3) is 2.49. The number of aromatic nitrogens is 1. The number of carbonyl (C=O) groups excluding carboxylic acids is 2. The number of Topliss-reactive ketones (excluding diaryl/α,β-unsaturated/α-hetero) is 1. The first-order valence-corrected chi connectivity index (χ1v) is 9.40. The van der Waals surface area contributed by atoms with E-state index in [2.05, 4.69) is 4.98 Å². The standard InChI is InChI=1S/C18H20N2O3S/c1-11-15(16-13(21)6-4-7-14(16)23-11)18(22)20-9-3-2-5-12(20)17-19-8-10-24-17/h8,10,12H,2-7,9H2,1H3/t12-/m0/s1. The normalized spacial score (nSPS) is 21.0. The van der Waals surface area contributed by atoms with Gasteiger partial charge in [-0.2, -0.15) is 0 Å². The molecule has 1 saturated heterocycles. The van der Waals surface area contributed by atoms with Crippen molar-refractivity contribution in [3.8, 4) is 0 Å². The van der Waals surface area contributed by atoms with Gasteiger partial charge in [-0.05, 0) is 32.6 Å². The van der Waals surface area contributed by atoms with Gasteiger partial charge in [-0.15, -0.1) is 11.3 Å². The first kappa shape index (κ1) is 15.6. The molecule has 126 valence electrons. The van der Waals surface area contributed by atoms with Crippen molar-refractivity contribution in [1.29, 1.82) is 0 Å². The van der Waals surface area contributed by atoms with Crippen molar-refractivity contribution in [2.75, 3.05) is 6.54 Å². The molecule has 1 aliphatic heterocycles. The van der Waals surface area contributed by atoms with Crippen LogP contribution >= 0.6 is 11.3 Å². The predicted octanol–water partition coefficient (Wildman–Crippen LogP) is 3.93. The zero-order valence-corrected chi connectivity index (χ0v) is 14.5. The number of hydrogen-bond donors (Lipinski definition) is 0. The van der Waals surface area contributed by atoms with Gasteiger partial charge in [0.25, 0.3) is 5.91 Å². The maximum absolute atomic E-state index is 13.3.